The number of piperazine rings is 1. The average Bonchev–Trinajstić information content (AvgIpc) is 3.52. The zero-order chi connectivity index (χ0) is 26.1. The van der Waals surface area contributed by atoms with Gasteiger partial charge in [-0.25, -0.2) is 4.68 Å². The summed E-state index contributed by atoms with van der Waals surface area (Å²) in [4.78, 5) is 29.6. The SMILES string of the molecule is C[C@H](c1ccccc1Br)n1cc(CN2CCN(C(=O)c3ccc(-c4ccc(Br)cc4)n3C)CC2=O)nn1. The largest absolute Gasteiger partial charge is 0.340 e. The van der Waals surface area contributed by atoms with E-state index in [0.29, 0.717) is 31.0 Å². The number of nitrogens with zero attached hydrogens (tertiary/aromatic N) is 6. The normalized spacial score (nSPS) is 14.8. The molecule has 10 heteroatoms. The zero-order valence-corrected chi connectivity index (χ0v) is 23.7. The lowest BCUT2D eigenvalue weighted by molar-refractivity contribution is -0.135. The van der Waals surface area contributed by atoms with Gasteiger partial charge in [-0.1, -0.05) is 67.4 Å². The van der Waals surface area contributed by atoms with Crippen LogP contribution in [-0.2, 0) is 18.4 Å². The summed E-state index contributed by atoms with van der Waals surface area (Å²) < 4.78 is 5.70. The molecule has 1 saturated heterocycles. The van der Waals surface area contributed by atoms with Crippen LogP contribution in [0.3, 0.4) is 0 Å². The first-order valence-corrected chi connectivity index (χ1v) is 13.5. The summed E-state index contributed by atoms with van der Waals surface area (Å²) in [6, 6.07) is 19.7. The van der Waals surface area contributed by atoms with E-state index >= 15 is 0 Å². The quantitative estimate of drug-likeness (QED) is 0.305. The van der Waals surface area contributed by atoms with E-state index in [1.54, 1.807) is 14.5 Å². The first-order chi connectivity index (χ1) is 17.8. The van der Waals surface area contributed by atoms with E-state index in [1.807, 2.05) is 78.5 Å². The fourth-order valence-corrected chi connectivity index (χ4v) is 5.46. The molecule has 5 rings (SSSR count). The highest BCUT2D eigenvalue weighted by Gasteiger charge is 2.30. The molecule has 190 valence electrons. The van der Waals surface area contributed by atoms with Crippen LogP contribution in [0.15, 0.2) is 75.8 Å². The van der Waals surface area contributed by atoms with Gasteiger partial charge in [0.1, 0.15) is 17.9 Å². The highest BCUT2D eigenvalue weighted by Crippen LogP contribution is 2.26. The van der Waals surface area contributed by atoms with Gasteiger partial charge < -0.3 is 14.4 Å². The van der Waals surface area contributed by atoms with Gasteiger partial charge in [0.25, 0.3) is 5.91 Å². The predicted octanol–water partition coefficient (Wildman–Crippen LogP) is 4.90. The highest BCUT2D eigenvalue weighted by atomic mass is 79.9. The number of halogens is 2. The van der Waals surface area contributed by atoms with Crippen molar-refractivity contribution in [1.29, 1.82) is 0 Å². The monoisotopic (exact) mass is 624 g/mol. The maximum atomic E-state index is 13.3. The van der Waals surface area contributed by atoms with Crippen molar-refractivity contribution in [2.24, 2.45) is 7.05 Å². The summed E-state index contributed by atoms with van der Waals surface area (Å²) in [5.41, 5.74) is 4.34. The second-order valence-corrected chi connectivity index (χ2v) is 10.9. The van der Waals surface area contributed by atoms with Gasteiger partial charge in [0.05, 0.1) is 18.8 Å². The molecule has 0 saturated carbocycles. The Balaban J connectivity index is 1.22. The minimum Gasteiger partial charge on any atom is -0.340 e. The lowest BCUT2D eigenvalue weighted by Crippen LogP contribution is -2.52. The van der Waals surface area contributed by atoms with Crippen LogP contribution in [0.2, 0.25) is 0 Å². The lowest BCUT2D eigenvalue weighted by atomic mass is 10.1. The van der Waals surface area contributed by atoms with Gasteiger partial charge in [-0.15, -0.1) is 5.10 Å². The Morgan fingerprint density at radius 3 is 2.51 bits per heavy atom. The van der Waals surface area contributed by atoms with E-state index in [-0.39, 0.29) is 24.4 Å². The Bertz CT molecular complexity index is 1450. The van der Waals surface area contributed by atoms with Gasteiger partial charge in [0, 0.05) is 34.8 Å². The third-order valence-electron chi connectivity index (χ3n) is 6.75. The van der Waals surface area contributed by atoms with Crippen molar-refractivity contribution >= 4 is 43.7 Å². The molecule has 2 aromatic carbocycles. The minimum absolute atomic E-state index is 0.00502. The second-order valence-electron chi connectivity index (χ2n) is 9.10. The Morgan fingerprint density at radius 1 is 1.03 bits per heavy atom. The van der Waals surface area contributed by atoms with Gasteiger partial charge in [-0.2, -0.15) is 0 Å². The molecule has 4 aromatic rings. The maximum absolute atomic E-state index is 13.3. The molecular formula is C27H26Br2N6O2. The van der Waals surface area contributed by atoms with Gasteiger partial charge in [-0.3, -0.25) is 9.59 Å². The zero-order valence-electron chi connectivity index (χ0n) is 20.5. The molecule has 2 aromatic heterocycles. The molecule has 0 spiro atoms. The van der Waals surface area contributed by atoms with Crippen LogP contribution in [0.25, 0.3) is 11.3 Å². The first kappa shape index (κ1) is 25.4. The van der Waals surface area contributed by atoms with Gasteiger partial charge in [-0.05, 0) is 48.4 Å². The fourth-order valence-electron chi connectivity index (χ4n) is 4.57. The van der Waals surface area contributed by atoms with Crippen LogP contribution in [0.5, 0.6) is 0 Å². The third-order valence-corrected chi connectivity index (χ3v) is 8.00. The Labute approximate surface area is 232 Å². The lowest BCUT2D eigenvalue weighted by Gasteiger charge is -2.34. The molecule has 1 atom stereocenters. The number of hydrogen-bond donors (Lipinski definition) is 0. The van der Waals surface area contributed by atoms with E-state index in [0.717, 1.165) is 25.8 Å². The van der Waals surface area contributed by atoms with E-state index in [9.17, 15) is 9.59 Å². The number of carbonyl (C=O) groups is 2. The van der Waals surface area contributed by atoms with Crippen molar-refractivity contribution in [2.75, 3.05) is 19.6 Å². The van der Waals surface area contributed by atoms with Crippen LogP contribution in [0.1, 0.15) is 34.7 Å². The standard InChI is InChI=1S/C27H26Br2N6O2/c1-18(22-5-3-4-6-23(22)29)35-16-21(30-31-35)15-33-13-14-34(17-26(33)36)27(37)25-12-11-24(32(25)2)19-7-9-20(28)10-8-19/h3-12,16,18H,13-15,17H2,1-2H3/t18-/m1/s1. The average molecular weight is 626 g/mol. The number of rotatable bonds is 6. The number of hydrogen-bond acceptors (Lipinski definition) is 4. The predicted molar refractivity (Wildman–Crippen MR) is 148 cm³/mol. The molecule has 1 fully saturated rings. The van der Waals surface area contributed by atoms with Gasteiger partial charge in [0.15, 0.2) is 0 Å². The Hall–Kier alpha value is -3.24. The number of carbonyl (C=O) groups excluding carboxylic acids is 2. The molecule has 8 nitrogen and oxygen atoms in total. The minimum atomic E-state index is -0.146. The summed E-state index contributed by atoms with van der Waals surface area (Å²) >= 11 is 7.05. The van der Waals surface area contributed by atoms with Crippen molar-refractivity contribution in [3.05, 3.63) is 92.8 Å². The molecule has 0 unspecified atom stereocenters. The smallest absolute Gasteiger partial charge is 0.271 e. The van der Waals surface area contributed by atoms with Crippen molar-refractivity contribution in [3.8, 4) is 11.3 Å². The fraction of sp³-hybridized carbons (Fsp3) is 0.259. The van der Waals surface area contributed by atoms with E-state index < -0.39 is 0 Å². The van der Waals surface area contributed by atoms with E-state index in [1.165, 1.54) is 0 Å². The number of amides is 2. The topological polar surface area (TPSA) is 76.3 Å². The summed E-state index contributed by atoms with van der Waals surface area (Å²) in [5.74, 6) is -0.248. The molecule has 2 amide bonds. The van der Waals surface area contributed by atoms with Crippen molar-refractivity contribution in [2.45, 2.75) is 19.5 Å². The maximum Gasteiger partial charge on any atom is 0.271 e. The highest BCUT2D eigenvalue weighted by molar-refractivity contribution is 9.10. The van der Waals surface area contributed by atoms with Gasteiger partial charge in [0.2, 0.25) is 5.91 Å². The molecule has 0 aliphatic carbocycles. The van der Waals surface area contributed by atoms with Crippen LogP contribution >= 0.6 is 31.9 Å². The van der Waals surface area contributed by atoms with Crippen molar-refractivity contribution in [1.82, 2.24) is 29.4 Å². The molecule has 0 N–H and O–H groups in total. The van der Waals surface area contributed by atoms with Gasteiger partial charge >= 0.3 is 0 Å². The van der Waals surface area contributed by atoms with E-state index in [4.69, 9.17) is 0 Å². The van der Waals surface area contributed by atoms with Crippen molar-refractivity contribution in [3.63, 3.8) is 0 Å². The van der Waals surface area contributed by atoms with Crippen LogP contribution in [0, 0.1) is 0 Å². The molecule has 3 heterocycles. The summed E-state index contributed by atoms with van der Waals surface area (Å²) in [6.07, 6.45) is 1.88. The summed E-state index contributed by atoms with van der Waals surface area (Å²) in [7, 11) is 1.88. The number of benzene rings is 2. The molecular weight excluding hydrogens is 600 g/mol. The Morgan fingerprint density at radius 2 is 1.78 bits per heavy atom. The van der Waals surface area contributed by atoms with E-state index in [2.05, 4.69) is 49.1 Å². The molecule has 0 radical (unpaired) electrons. The third kappa shape index (κ3) is 5.26. The molecule has 1 aliphatic heterocycles. The second kappa shape index (κ2) is 10.6. The van der Waals surface area contributed by atoms with Crippen LogP contribution in [-0.4, -0.2) is 60.8 Å². The number of aromatic nitrogens is 4. The molecule has 0 bridgehead atoms. The molecule has 37 heavy (non-hydrogen) atoms. The summed E-state index contributed by atoms with van der Waals surface area (Å²) in [5, 5.41) is 8.57. The van der Waals surface area contributed by atoms with Crippen LogP contribution < -0.4 is 0 Å². The first-order valence-electron chi connectivity index (χ1n) is 12.0. The van der Waals surface area contributed by atoms with Crippen molar-refractivity contribution < 1.29 is 9.59 Å². The summed E-state index contributed by atoms with van der Waals surface area (Å²) in [6.45, 7) is 3.37. The Kier molecular flexibility index (Phi) is 7.30. The molecule has 1 aliphatic rings. The van der Waals surface area contributed by atoms with Crippen LogP contribution in [0.4, 0.5) is 0 Å².